The molecule has 0 saturated carbocycles. The average molecular weight is 294 g/mol. The van der Waals surface area contributed by atoms with Crippen LogP contribution in [0.5, 0.6) is 0 Å². The monoisotopic (exact) mass is 294 g/mol. The highest BCUT2D eigenvalue weighted by atomic mass is 19.1. The SMILES string of the molecule is O=C(Cc1ccc(F)cc1)NCCCOC1CCNCC1. The largest absolute Gasteiger partial charge is 0.378 e. The van der Waals surface area contributed by atoms with E-state index in [-0.39, 0.29) is 18.1 Å². The van der Waals surface area contributed by atoms with Crippen LogP contribution < -0.4 is 10.6 Å². The van der Waals surface area contributed by atoms with Gasteiger partial charge in [-0.15, -0.1) is 0 Å². The molecule has 1 aromatic rings. The molecule has 5 heteroatoms. The molecule has 0 unspecified atom stereocenters. The number of nitrogens with one attached hydrogen (secondary N) is 2. The zero-order valence-electron chi connectivity index (χ0n) is 12.2. The van der Waals surface area contributed by atoms with Crippen LogP contribution in [-0.2, 0) is 16.0 Å². The smallest absolute Gasteiger partial charge is 0.224 e. The highest BCUT2D eigenvalue weighted by Gasteiger charge is 2.12. The predicted molar refractivity (Wildman–Crippen MR) is 79.6 cm³/mol. The van der Waals surface area contributed by atoms with E-state index >= 15 is 0 Å². The minimum atomic E-state index is -0.283. The maximum Gasteiger partial charge on any atom is 0.224 e. The average Bonchev–Trinajstić information content (AvgIpc) is 2.50. The van der Waals surface area contributed by atoms with Gasteiger partial charge in [-0.25, -0.2) is 4.39 Å². The van der Waals surface area contributed by atoms with Crippen molar-refractivity contribution in [1.82, 2.24) is 10.6 Å². The fourth-order valence-corrected chi connectivity index (χ4v) is 2.36. The van der Waals surface area contributed by atoms with Gasteiger partial charge in [-0.05, 0) is 50.0 Å². The molecule has 21 heavy (non-hydrogen) atoms. The summed E-state index contributed by atoms with van der Waals surface area (Å²) in [5, 5.41) is 6.16. The van der Waals surface area contributed by atoms with Gasteiger partial charge in [0.15, 0.2) is 0 Å². The Bertz CT molecular complexity index is 430. The first kappa shape index (κ1) is 15.9. The molecule has 0 radical (unpaired) electrons. The molecule has 1 aliphatic rings. The molecule has 0 aromatic heterocycles. The summed E-state index contributed by atoms with van der Waals surface area (Å²) in [6, 6.07) is 6.01. The molecule has 116 valence electrons. The van der Waals surface area contributed by atoms with Gasteiger partial charge >= 0.3 is 0 Å². The van der Waals surface area contributed by atoms with Crippen LogP contribution in [0.2, 0.25) is 0 Å². The molecule has 1 heterocycles. The Labute approximate surface area is 125 Å². The molecule has 4 nitrogen and oxygen atoms in total. The summed E-state index contributed by atoms with van der Waals surface area (Å²) >= 11 is 0. The first-order valence-electron chi connectivity index (χ1n) is 7.57. The second-order valence-corrected chi connectivity index (χ2v) is 5.33. The molecular formula is C16H23FN2O2. The molecule has 0 atom stereocenters. The summed E-state index contributed by atoms with van der Waals surface area (Å²) in [6.07, 6.45) is 3.60. The van der Waals surface area contributed by atoms with Crippen LogP contribution in [0.3, 0.4) is 0 Å². The number of hydrogen-bond acceptors (Lipinski definition) is 3. The van der Waals surface area contributed by atoms with E-state index in [0.29, 0.717) is 19.3 Å². The molecule has 1 saturated heterocycles. The number of ether oxygens (including phenoxy) is 1. The van der Waals surface area contributed by atoms with Crippen molar-refractivity contribution >= 4 is 5.91 Å². The van der Waals surface area contributed by atoms with E-state index in [9.17, 15) is 9.18 Å². The molecule has 1 aromatic carbocycles. The van der Waals surface area contributed by atoms with E-state index in [2.05, 4.69) is 10.6 Å². The van der Waals surface area contributed by atoms with Crippen molar-refractivity contribution in [3.63, 3.8) is 0 Å². The lowest BCUT2D eigenvalue weighted by molar-refractivity contribution is -0.120. The summed E-state index contributed by atoms with van der Waals surface area (Å²) in [5.74, 6) is -0.322. The summed E-state index contributed by atoms with van der Waals surface area (Å²) in [7, 11) is 0. The van der Waals surface area contributed by atoms with Crippen LogP contribution in [-0.4, -0.2) is 38.3 Å². The molecular weight excluding hydrogens is 271 g/mol. The number of halogens is 1. The van der Waals surface area contributed by atoms with Gasteiger partial charge in [-0.1, -0.05) is 12.1 Å². The third-order valence-corrected chi connectivity index (χ3v) is 3.56. The fraction of sp³-hybridized carbons (Fsp3) is 0.562. The minimum Gasteiger partial charge on any atom is -0.378 e. The molecule has 0 aliphatic carbocycles. The highest BCUT2D eigenvalue weighted by Crippen LogP contribution is 2.07. The van der Waals surface area contributed by atoms with Crippen molar-refractivity contribution in [3.05, 3.63) is 35.6 Å². The quantitative estimate of drug-likeness (QED) is 0.752. The van der Waals surface area contributed by atoms with Gasteiger partial charge in [0, 0.05) is 13.2 Å². The Kier molecular flexibility index (Phi) is 6.63. The molecule has 1 amide bonds. The normalized spacial score (nSPS) is 15.9. The maximum atomic E-state index is 12.7. The maximum absolute atomic E-state index is 12.7. The van der Waals surface area contributed by atoms with Crippen LogP contribution in [0.4, 0.5) is 4.39 Å². The van der Waals surface area contributed by atoms with Crippen LogP contribution in [0.25, 0.3) is 0 Å². The Balaban J connectivity index is 1.53. The van der Waals surface area contributed by atoms with Crippen molar-refractivity contribution in [3.8, 4) is 0 Å². The second kappa shape index (κ2) is 8.74. The van der Waals surface area contributed by atoms with E-state index in [1.807, 2.05) is 0 Å². The molecule has 0 bridgehead atoms. The summed E-state index contributed by atoms with van der Waals surface area (Å²) in [4.78, 5) is 11.7. The highest BCUT2D eigenvalue weighted by molar-refractivity contribution is 5.78. The molecule has 2 rings (SSSR count). The number of carbonyl (C=O) groups excluding carboxylic acids is 1. The van der Waals surface area contributed by atoms with E-state index in [4.69, 9.17) is 4.74 Å². The number of hydrogen-bond donors (Lipinski definition) is 2. The van der Waals surface area contributed by atoms with Gasteiger partial charge in [0.1, 0.15) is 5.82 Å². The van der Waals surface area contributed by atoms with Gasteiger partial charge in [-0.3, -0.25) is 4.79 Å². The van der Waals surface area contributed by atoms with Crippen molar-refractivity contribution < 1.29 is 13.9 Å². The van der Waals surface area contributed by atoms with Gasteiger partial charge < -0.3 is 15.4 Å². The Morgan fingerprint density at radius 1 is 1.29 bits per heavy atom. The van der Waals surface area contributed by atoms with Gasteiger partial charge in [0.25, 0.3) is 0 Å². The zero-order chi connectivity index (χ0) is 14.9. The third-order valence-electron chi connectivity index (χ3n) is 3.56. The molecule has 0 spiro atoms. The number of carbonyl (C=O) groups is 1. The van der Waals surface area contributed by atoms with E-state index in [1.165, 1.54) is 12.1 Å². The number of rotatable bonds is 7. The lowest BCUT2D eigenvalue weighted by atomic mass is 10.1. The number of amides is 1. The van der Waals surface area contributed by atoms with Crippen molar-refractivity contribution in [1.29, 1.82) is 0 Å². The zero-order valence-corrected chi connectivity index (χ0v) is 12.2. The van der Waals surface area contributed by atoms with Crippen LogP contribution in [0.15, 0.2) is 24.3 Å². The van der Waals surface area contributed by atoms with Crippen molar-refractivity contribution in [2.45, 2.75) is 31.8 Å². The lowest BCUT2D eigenvalue weighted by Gasteiger charge is -2.22. The summed E-state index contributed by atoms with van der Waals surface area (Å²) < 4.78 is 18.5. The first-order valence-corrected chi connectivity index (χ1v) is 7.57. The van der Waals surface area contributed by atoms with E-state index in [0.717, 1.165) is 37.9 Å². The topological polar surface area (TPSA) is 50.4 Å². The first-order chi connectivity index (χ1) is 10.2. The standard InChI is InChI=1S/C16H23FN2O2/c17-14-4-2-13(3-5-14)12-16(20)19-8-1-11-21-15-6-9-18-10-7-15/h2-5,15,18H,1,6-12H2,(H,19,20). The van der Waals surface area contributed by atoms with Gasteiger partial charge in [-0.2, -0.15) is 0 Å². The van der Waals surface area contributed by atoms with E-state index < -0.39 is 0 Å². The third kappa shape index (κ3) is 6.23. The van der Waals surface area contributed by atoms with Gasteiger partial charge in [0.05, 0.1) is 12.5 Å². The van der Waals surface area contributed by atoms with Crippen LogP contribution in [0.1, 0.15) is 24.8 Å². The molecule has 1 aliphatic heterocycles. The molecule has 1 fully saturated rings. The Morgan fingerprint density at radius 3 is 2.71 bits per heavy atom. The lowest BCUT2D eigenvalue weighted by Crippen LogP contribution is -2.33. The van der Waals surface area contributed by atoms with Crippen molar-refractivity contribution in [2.24, 2.45) is 0 Å². The minimum absolute atomic E-state index is 0.0384. The Morgan fingerprint density at radius 2 is 2.00 bits per heavy atom. The number of benzene rings is 1. The molecule has 2 N–H and O–H groups in total. The van der Waals surface area contributed by atoms with E-state index in [1.54, 1.807) is 12.1 Å². The number of piperidine rings is 1. The van der Waals surface area contributed by atoms with Gasteiger partial charge in [0.2, 0.25) is 5.91 Å². The predicted octanol–water partition coefficient (Wildman–Crippen LogP) is 1.64. The summed E-state index contributed by atoms with van der Waals surface area (Å²) in [5.41, 5.74) is 0.819. The van der Waals surface area contributed by atoms with Crippen LogP contribution >= 0.6 is 0 Å². The fourth-order valence-electron chi connectivity index (χ4n) is 2.36. The van der Waals surface area contributed by atoms with Crippen molar-refractivity contribution in [2.75, 3.05) is 26.2 Å². The summed E-state index contributed by atoms with van der Waals surface area (Å²) in [6.45, 7) is 3.35. The Hall–Kier alpha value is -1.46. The second-order valence-electron chi connectivity index (χ2n) is 5.33. The van der Waals surface area contributed by atoms with Crippen LogP contribution in [0, 0.1) is 5.82 Å².